The topological polar surface area (TPSA) is 29.1 Å². The fraction of sp³-hybridized carbons (Fsp3) is 0.923. The molecule has 2 nitrogen and oxygen atoms in total. The highest BCUT2D eigenvalue weighted by Crippen LogP contribution is 2.15. The lowest BCUT2D eigenvalue weighted by Gasteiger charge is -2.17. The van der Waals surface area contributed by atoms with Crippen LogP contribution in [0.2, 0.25) is 0 Å². The Hall–Kier alpha value is -0.530. The van der Waals surface area contributed by atoms with E-state index in [1.54, 1.807) is 0 Å². The summed E-state index contributed by atoms with van der Waals surface area (Å²) in [5.41, 5.74) is 0. The Bertz CT molecular complexity index is 287. The Morgan fingerprint density at radius 1 is 1.47 bits per heavy atom. The lowest BCUT2D eigenvalue weighted by Crippen LogP contribution is -2.32. The van der Waals surface area contributed by atoms with Crippen molar-refractivity contribution in [3.8, 4) is 0 Å². The Morgan fingerprint density at radius 3 is 2.60 bits per heavy atom. The Balaban J connectivity index is 4.46. The normalized spacial score (nSPS) is 21.9. The van der Waals surface area contributed by atoms with Crippen molar-refractivity contribution < 1.29 is 10.3 Å². The van der Waals surface area contributed by atoms with Crippen molar-refractivity contribution in [1.29, 1.82) is 0 Å². The van der Waals surface area contributed by atoms with Crippen molar-refractivity contribution in [3.05, 3.63) is 0 Å². The van der Waals surface area contributed by atoms with Crippen molar-refractivity contribution >= 4 is 5.91 Å². The lowest BCUT2D eigenvalue weighted by atomic mass is 9.94. The highest BCUT2D eigenvalue weighted by molar-refractivity contribution is 5.78. The van der Waals surface area contributed by atoms with Gasteiger partial charge in [0, 0.05) is 17.9 Å². The quantitative estimate of drug-likeness (QED) is 0.697. The molecule has 0 aromatic carbocycles. The van der Waals surface area contributed by atoms with Gasteiger partial charge in [-0.1, -0.05) is 34.5 Å². The number of nitrogens with one attached hydrogen (secondary N) is 1. The number of amides is 1. The summed E-state index contributed by atoms with van der Waals surface area (Å²) in [5.74, 6) is -1.60. The number of carbonyl (C=O) groups is 1. The maximum atomic E-state index is 12.0. The molecule has 1 unspecified atom stereocenters. The maximum Gasteiger partial charge on any atom is 0.223 e. The van der Waals surface area contributed by atoms with Gasteiger partial charge in [0.1, 0.15) is 0 Å². The number of hydrogen-bond acceptors (Lipinski definition) is 1. The van der Waals surface area contributed by atoms with Gasteiger partial charge in [-0.15, -0.1) is 0 Å². The monoisotopic (exact) mass is 217 g/mol. The summed E-state index contributed by atoms with van der Waals surface area (Å²) >= 11 is 0. The summed E-state index contributed by atoms with van der Waals surface area (Å²) in [4.78, 5) is 12.0. The van der Waals surface area contributed by atoms with Crippen LogP contribution < -0.4 is 5.32 Å². The molecule has 0 heterocycles. The standard InChI is InChI=1S/C13H27NO/c1-6-12(9-11(4)5)13(15)14-8-7-10(2)3/h10-12H,6-9H2,1-5H3,(H,14,15)/t12-/m0/s1/i4D3,11D/t11?,12-. The molecule has 0 saturated carbocycles. The molecule has 15 heavy (non-hydrogen) atoms. The first-order valence-electron chi connectivity index (χ1n) is 7.79. The molecule has 2 atom stereocenters. The molecule has 1 N–H and O–H groups in total. The molecule has 0 bridgehead atoms. The average Bonchev–Trinajstić information content (AvgIpc) is 2.23. The molecule has 90 valence electrons. The molecule has 0 aliphatic rings. The van der Waals surface area contributed by atoms with Gasteiger partial charge >= 0.3 is 0 Å². The first-order chi connectivity index (χ1) is 8.51. The van der Waals surface area contributed by atoms with Gasteiger partial charge in [-0.3, -0.25) is 4.79 Å². The Labute approximate surface area is 100 Å². The summed E-state index contributed by atoms with van der Waals surface area (Å²) in [7, 11) is 0. The van der Waals surface area contributed by atoms with Gasteiger partial charge in [-0.25, -0.2) is 0 Å². The lowest BCUT2D eigenvalue weighted by molar-refractivity contribution is -0.125. The average molecular weight is 217 g/mol. The van der Waals surface area contributed by atoms with E-state index in [0.717, 1.165) is 6.42 Å². The minimum Gasteiger partial charge on any atom is -0.356 e. The fourth-order valence-electron chi connectivity index (χ4n) is 1.42. The first kappa shape index (κ1) is 8.60. The predicted octanol–water partition coefficient (Wildman–Crippen LogP) is 3.22. The van der Waals surface area contributed by atoms with Gasteiger partial charge in [0.05, 0.1) is 0 Å². The Kier molecular flexibility index (Phi) is 4.43. The first-order valence-corrected chi connectivity index (χ1v) is 5.79. The van der Waals surface area contributed by atoms with Gasteiger partial charge in [0.15, 0.2) is 0 Å². The maximum absolute atomic E-state index is 12.0. The number of rotatable bonds is 7. The molecule has 0 aliphatic carbocycles. The van der Waals surface area contributed by atoms with Crippen LogP contribution in [0.15, 0.2) is 0 Å². The van der Waals surface area contributed by atoms with E-state index >= 15 is 0 Å². The molecule has 1 amide bonds. The van der Waals surface area contributed by atoms with Crippen LogP contribution in [0.25, 0.3) is 0 Å². The second-order valence-corrected chi connectivity index (χ2v) is 4.56. The van der Waals surface area contributed by atoms with Gasteiger partial charge in [-0.05, 0) is 31.1 Å². The molecule has 0 saturated heterocycles. The van der Waals surface area contributed by atoms with Crippen molar-refractivity contribution in [2.45, 2.75) is 53.8 Å². The minimum atomic E-state index is -2.36. The summed E-state index contributed by atoms with van der Waals surface area (Å²) in [5, 5.41) is 2.83. The van der Waals surface area contributed by atoms with Crippen molar-refractivity contribution in [2.75, 3.05) is 6.54 Å². The smallest absolute Gasteiger partial charge is 0.223 e. The van der Waals surface area contributed by atoms with Gasteiger partial charge in [0.2, 0.25) is 5.91 Å². The van der Waals surface area contributed by atoms with Crippen molar-refractivity contribution in [2.24, 2.45) is 17.7 Å². The minimum absolute atomic E-state index is 0.0630. The van der Waals surface area contributed by atoms with E-state index in [0.29, 0.717) is 18.9 Å². The van der Waals surface area contributed by atoms with Crippen LogP contribution >= 0.6 is 0 Å². The SMILES string of the molecule is [2H]C([2H])([2H])C([2H])(C)C[C@H](CC)C(=O)NCCC(C)C. The summed E-state index contributed by atoms with van der Waals surface area (Å²) in [6.07, 6.45) is 1.52. The zero-order valence-electron chi connectivity index (χ0n) is 14.4. The Morgan fingerprint density at radius 2 is 2.13 bits per heavy atom. The molecule has 0 aliphatic heterocycles. The molecular weight excluding hydrogens is 186 g/mol. The third-order valence-electron chi connectivity index (χ3n) is 2.44. The summed E-state index contributed by atoms with van der Waals surface area (Å²) < 4.78 is 30.0. The molecule has 0 spiro atoms. The van der Waals surface area contributed by atoms with Crippen LogP contribution in [0.3, 0.4) is 0 Å². The van der Waals surface area contributed by atoms with Gasteiger partial charge in [-0.2, -0.15) is 0 Å². The van der Waals surface area contributed by atoms with E-state index in [1.165, 1.54) is 6.92 Å². The van der Waals surface area contributed by atoms with Crippen LogP contribution in [0.1, 0.15) is 59.3 Å². The largest absolute Gasteiger partial charge is 0.356 e. The zero-order valence-corrected chi connectivity index (χ0v) is 10.4. The number of carbonyl (C=O) groups excluding carboxylic acids is 1. The summed E-state index contributed by atoms with van der Waals surface area (Å²) in [6, 6.07) is 0. The van der Waals surface area contributed by atoms with Crippen molar-refractivity contribution in [3.63, 3.8) is 0 Å². The van der Waals surface area contributed by atoms with E-state index in [-0.39, 0.29) is 12.3 Å². The van der Waals surface area contributed by atoms with Gasteiger partial charge in [0.25, 0.3) is 0 Å². The van der Waals surface area contributed by atoms with Crippen LogP contribution in [0.4, 0.5) is 0 Å². The predicted molar refractivity (Wildman–Crippen MR) is 65.7 cm³/mol. The second kappa shape index (κ2) is 7.72. The van der Waals surface area contributed by atoms with E-state index < -0.39 is 18.7 Å². The molecule has 0 aromatic rings. The molecule has 2 heteroatoms. The van der Waals surface area contributed by atoms with Crippen molar-refractivity contribution in [1.82, 2.24) is 5.32 Å². The molecular formula is C13H27NO. The summed E-state index contributed by atoms with van der Waals surface area (Å²) in [6.45, 7) is 5.64. The van der Waals surface area contributed by atoms with Crippen LogP contribution in [0.5, 0.6) is 0 Å². The molecule has 0 rings (SSSR count). The molecule has 0 radical (unpaired) electrons. The zero-order chi connectivity index (χ0) is 15.3. The van der Waals surface area contributed by atoms with Gasteiger partial charge < -0.3 is 5.32 Å². The third-order valence-corrected chi connectivity index (χ3v) is 2.44. The van der Waals surface area contributed by atoms with E-state index in [2.05, 4.69) is 19.2 Å². The number of hydrogen-bond donors (Lipinski definition) is 1. The van der Waals surface area contributed by atoms with Crippen LogP contribution in [-0.4, -0.2) is 12.5 Å². The fourth-order valence-corrected chi connectivity index (χ4v) is 1.42. The molecule has 0 fully saturated rings. The van der Waals surface area contributed by atoms with E-state index in [1.807, 2.05) is 6.92 Å². The van der Waals surface area contributed by atoms with E-state index in [4.69, 9.17) is 5.48 Å². The van der Waals surface area contributed by atoms with Crippen LogP contribution in [0, 0.1) is 17.7 Å². The van der Waals surface area contributed by atoms with Crippen LogP contribution in [-0.2, 0) is 4.79 Å². The second-order valence-electron chi connectivity index (χ2n) is 4.56. The molecule has 0 aromatic heterocycles. The highest BCUT2D eigenvalue weighted by Gasteiger charge is 2.16. The highest BCUT2D eigenvalue weighted by atomic mass is 16.1. The van der Waals surface area contributed by atoms with E-state index in [9.17, 15) is 4.79 Å². The third kappa shape index (κ3) is 7.40.